The van der Waals surface area contributed by atoms with E-state index in [9.17, 15) is 0 Å². The van der Waals surface area contributed by atoms with E-state index < -0.39 is 0 Å². The fourth-order valence-corrected chi connectivity index (χ4v) is 7.17. The highest BCUT2D eigenvalue weighted by Gasteiger charge is 2.22. The lowest BCUT2D eigenvalue weighted by Gasteiger charge is -2.12. The van der Waals surface area contributed by atoms with Crippen LogP contribution in [-0.4, -0.2) is 4.57 Å². The minimum atomic E-state index is 0.769. The normalized spacial score (nSPS) is 13.3. The molecule has 2 aromatic heterocycles. The third kappa shape index (κ3) is 4.54. The van der Waals surface area contributed by atoms with E-state index in [2.05, 4.69) is 163 Å². The summed E-state index contributed by atoms with van der Waals surface area (Å²) in [6.45, 7) is 2.24. The number of fused-ring (bicyclic) bond motifs is 6. The van der Waals surface area contributed by atoms with Crippen molar-refractivity contribution in [1.29, 1.82) is 0 Å². The Morgan fingerprint density at radius 2 is 1.19 bits per heavy atom. The Labute approximate surface area is 273 Å². The fraction of sp³-hybridized carbons (Fsp3) is 0.0682. The molecule has 0 saturated heterocycles. The van der Waals surface area contributed by atoms with E-state index >= 15 is 0 Å². The number of nitrogens with zero attached hydrogens (tertiary/aromatic N) is 2. The van der Waals surface area contributed by atoms with Crippen molar-refractivity contribution in [2.24, 2.45) is 4.99 Å². The molecule has 47 heavy (non-hydrogen) atoms. The molecule has 3 nitrogen and oxygen atoms in total. The Bertz CT molecular complexity index is 2590. The van der Waals surface area contributed by atoms with Crippen LogP contribution in [0.15, 0.2) is 167 Å². The predicted octanol–water partition coefficient (Wildman–Crippen LogP) is 10.2. The van der Waals surface area contributed by atoms with Crippen LogP contribution in [0.2, 0.25) is 0 Å². The van der Waals surface area contributed by atoms with Crippen LogP contribution in [-0.2, 0) is 0 Å². The van der Waals surface area contributed by atoms with Crippen molar-refractivity contribution >= 4 is 44.0 Å². The topological polar surface area (TPSA) is 30.4 Å². The van der Waals surface area contributed by atoms with E-state index in [1.807, 2.05) is 0 Å². The lowest BCUT2D eigenvalue weighted by atomic mass is 9.94. The number of para-hydroxylation sites is 2. The van der Waals surface area contributed by atoms with Gasteiger partial charge in [0.05, 0.1) is 16.7 Å². The number of furan rings is 1. The van der Waals surface area contributed by atoms with Gasteiger partial charge in [-0.05, 0) is 59.0 Å². The van der Waals surface area contributed by atoms with Gasteiger partial charge in [0.25, 0.3) is 0 Å². The summed E-state index contributed by atoms with van der Waals surface area (Å²) in [4.78, 5) is 5.55. The van der Waals surface area contributed by atoms with E-state index in [1.54, 1.807) is 0 Å². The molecule has 0 amide bonds. The first-order valence-electron chi connectivity index (χ1n) is 16.3. The highest BCUT2D eigenvalue weighted by molar-refractivity contribution is 6.13. The van der Waals surface area contributed by atoms with Crippen molar-refractivity contribution in [3.8, 4) is 16.8 Å². The molecule has 0 radical (unpaired) electrons. The van der Waals surface area contributed by atoms with Gasteiger partial charge < -0.3 is 8.98 Å². The first-order valence-corrected chi connectivity index (χ1v) is 16.3. The largest absolute Gasteiger partial charge is 0.454 e. The SMILES string of the molecule is CCC1=C(c2ccc(-c3ccccc3)cc2)N=c2c(oc3cc4c5ccccc5n(-c5ccccc5)c4cc23)=C(c2ccccc2)C1. The Hall–Kier alpha value is -5.93. The molecule has 0 bridgehead atoms. The van der Waals surface area contributed by atoms with Crippen LogP contribution >= 0.6 is 0 Å². The van der Waals surface area contributed by atoms with Crippen molar-refractivity contribution < 1.29 is 4.42 Å². The summed E-state index contributed by atoms with van der Waals surface area (Å²) in [6, 6.07) is 53.8. The summed E-state index contributed by atoms with van der Waals surface area (Å²) in [5.41, 5.74) is 13.4. The molecule has 8 aromatic rings. The van der Waals surface area contributed by atoms with E-state index in [0.717, 1.165) is 57.0 Å². The Morgan fingerprint density at radius 1 is 0.574 bits per heavy atom. The molecule has 0 N–H and O–H groups in total. The second-order valence-electron chi connectivity index (χ2n) is 12.2. The summed E-state index contributed by atoms with van der Waals surface area (Å²) in [6.07, 6.45) is 1.66. The third-order valence-corrected chi connectivity index (χ3v) is 9.51. The number of hydrogen-bond acceptors (Lipinski definition) is 2. The van der Waals surface area contributed by atoms with Gasteiger partial charge in [0.15, 0.2) is 5.42 Å². The molecule has 3 heteroatoms. The molecule has 0 aliphatic carbocycles. The molecule has 6 aromatic carbocycles. The predicted molar refractivity (Wildman–Crippen MR) is 194 cm³/mol. The zero-order valence-electron chi connectivity index (χ0n) is 26.2. The standard InChI is InChI=1S/C44H32N2O/c1-2-29-26-36(32-16-8-4-9-17-32)44-43(45-42(29)33-24-22-31(23-25-33)30-14-6-3-7-15-30)38-27-40-37(28-41(38)47-44)35-20-12-13-21-39(35)46(40)34-18-10-5-11-19-34/h3-25,27-28H,2,26H2,1H3. The van der Waals surface area contributed by atoms with Crippen LogP contribution in [0.5, 0.6) is 0 Å². The third-order valence-electron chi connectivity index (χ3n) is 9.51. The summed E-state index contributed by atoms with van der Waals surface area (Å²) >= 11 is 0. The maximum Gasteiger partial charge on any atom is 0.157 e. The quantitative estimate of drug-likeness (QED) is 0.192. The molecule has 3 heterocycles. The maximum absolute atomic E-state index is 6.90. The van der Waals surface area contributed by atoms with Crippen LogP contribution in [0.4, 0.5) is 0 Å². The van der Waals surface area contributed by atoms with E-state index in [0.29, 0.717) is 0 Å². The highest BCUT2D eigenvalue weighted by Crippen LogP contribution is 2.36. The molecule has 1 aliphatic heterocycles. The Morgan fingerprint density at radius 3 is 1.91 bits per heavy atom. The number of hydrogen-bond donors (Lipinski definition) is 0. The molecule has 0 atom stereocenters. The van der Waals surface area contributed by atoms with Crippen LogP contribution < -0.4 is 10.8 Å². The fourth-order valence-electron chi connectivity index (χ4n) is 7.17. The first kappa shape index (κ1) is 27.4. The van der Waals surface area contributed by atoms with Crippen LogP contribution in [0, 0.1) is 0 Å². The van der Waals surface area contributed by atoms with Crippen LogP contribution in [0.3, 0.4) is 0 Å². The van der Waals surface area contributed by atoms with Gasteiger partial charge in [-0.25, -0.2) is 4.99 Å². The smallest absolute Gasteiger partial charge is 0.157 e. The Kier molecular flexibility index (Phi) is 6.50. The minimum Gasteiger partial charge on any atom is -0.454 e. The summed E-state index contributed by atoms with van der Waals surface area (Å²) in [5, 5.41) is 4.30. The van der Waals surface area contributed by atoms with Gasteiger partial charge in [-0.2, -0.15) is 0 Å². The zero-order chi connectivity index (χ0) is 31.3. The van der Waals surface area contributed by atoms with Crippen molar-refractivity contribution in [2.75, 3.05) is 0 Å². The second kappa shape index (κ2) is 11.1. The maximum atomic E-state index is 6.90. The number of aromatic nitrogens is 1. The molecular formula is C44H32N2O. The van der Waals surface area contributed by atoms with Crippen molar-refractivity contribution in [1.82, 2.24) is 4.57 Å². The molecule has 0 fully saturated rings. The summed E-state index contributed by atoms with van der Waals surface area (Å²) in [5.74, 6) is 0. The zero-order valence-corrected chi connectivity index (χ0v) is 26.2. The van der Waals surface area contributed by atoms with Crippen molar-refractivity contribution in [3.63, 3.8) is 0 Å². The van der Waals surface area contributed by atoms with E-state index in [4.69, 9.17) is 9.41 Å². The monoisotopic (exact) mass is 604 g/mol. The van der Waals surface area contributed by atoms with Crippen molar-refractivity contribution in [2.45, 2.75) is 19.8 Å². The highest BCUT2D eigenvalue weighted by atomic mass is 16.3. The average Bonchev–Trinajstić information content (AvgIpc) is 3.60. The molecule has 9 rings (SSSR count). The lowest BCUT2D eigenvalue weighted by Crippen LogP contribution is -2.23. The van der Waals surface area contributed by atoms with Crippen LogP contribution in [0.1, 0.15) is 30.9 Å². The lowest BCUT2D eigenvalue weighted by molar-refractivity contribution is 0.569. The van der Waals surface area contributed by atoms with E-state index in [1.165, 1.54) is 44.1 Å². The van der Waals surface area contributed by atoms with Crippen LogP contribution in [0.25, 0.3) is 60.9 Å². The molecule has 0 spiro atoms. The van der Waals surface area contributed by atoms with Gasteiger partial charge in [0.1, 0.15) is 10.9 Å². The molecule has 0 saturated carbocycles. The molecule has 1 aliphatic rings. The van der Waals surface area contributed by atoms with Gasteiger partial charge >= 0.3 is 0 Å². The van der Waals surface area contributed by atoms with Gasteiger partial charge in [-0.3, -0.25) is 0 Å². The van der Waals surface area contributed by atoms with Gasteiger partial charge in [0.2, 0.25) is 0 Å². The second-order valence-corrected chi connectivity index (χ2v) is 12.2. The number of benzene rings is 6. The van der Waals surface area contributed by atoms with Gasteiger partial charge in [-0.1, -0.05) is 128 Å². The molecule has 224 valence electrons. The first-order chi connectivity index (χ1) is 23.3. The summed E-state index contributed by atoms with van der Waals surface area (Å²) < 4.78 is 9.26. The average molecular weight is 605 g/mol. The van der Waals surface area contributed by atoms with Crippen molar-refractivity contribution in [3.05, 3.63) is 179 Å². The van der Waals surface area contributed by atoms with Gasteiger partial charge in [0, 0.05) is 39.4 Å². The molecule has 0 unspecified atom stereocenters. The minimum absolute atomic E-state index is 0.769. The summed E-state index contributed by atoms with van der Waals surface area (Å²) in [7, 11) is 0. The Balaban J connectivity index is 1.35. The molecular weight excluding hydrogens is 572 g/mol. The number of rotatable bonds is 5. The van der Waals surface area contributed by atoms with E-state index in [-0.39, 0.29) is 0 Å². The number of allylic oxidation sites excluding steroid dienone is 1. The van der Waals surface area contributed by atoms with Gasteiger partial charge in [-0.15, -0.1) is 0 Å².